The van der Waals surface area contributed by atoms with Gasteiger partial charge in [0.25, 0.3) is 0 Å². The number of H-pyrrole nitrogens is 2. The van der Waals surface area contributed by atoms with Crippen molar-refractivity contribution in [3.05, 3.63) is 69.0 Å². The summed E-state index contributed by atoms with van der Waals surface area (Å²) >= 11 is 0. The molecule has 0 unspecified atom stereocenters. The number of nitrogens with one attached hydrogen (secondary N) is 3. The van der Waals surface area contributed by atoms with Gasteiger partial charge in [-0.1, -0.05) is 12.1 Å². The van der Waals surface area contributed by atoms with Crippen molar-refractivity contribution in [2.24, 2.45) is 4.99 Å². The van der Waals surface area contributed by atoms with E-state index in [1.54, 1.807) is 16.8 Å². The number of aromatic nitrogens is 5. The molecule has 170 valence electrons. The third-order valence-corrected chi connectivity index (χ3v) is 5.12. The molecule has 1 fully saturated rings. The lowest BCUT2D eigenvalue weighted by Crippen LogP contribution is -2.20. The van der Waals surface area contributed by atoms with Crippen LogP contribution >= 0.6 is 0 Å². The van der Waals surface area contributed by atoms with E-state index >= 15 is 0 Å². The van der Waals surface area contributed by atoms with Crippen LogP contribution in [0.3, 0.4) is 0 Å². The van der Waals surface area contributed by atoms with E-state index in [-0.39, 0.29) is 17.7 Å². The molecular formula is C23H25N7O3. The van der Waals surface area contributed by atoms with E-state index in [4.69, 9.17) is 14.7 Å². The molecule has 4 aromatic rings. The number of benzene rings is 1. The molecule has 1 aromatic carbocycles. The maximum absolute atomic E-state index is 11.5. The van der Waals surface area contributed by atoms with Gasteiger partial charge in [0.1, 0.15) is 17.3 Å². The van der Waals surface area contributed by atoms with E-state index in [9.17, 15) is 9.90 Å². The SMILES string of the molecule is CC(C)Oc1cccc(CNc2cc(=NC3CC3)n3ncc(=Cc4[nH]c(=O)[nH]c4O)c3n2)c1. The van der Waals surface area contributed by atoms with Gasteiger partial charge in [0.15, 0.2) is 11.1 Å². The quantitative estimate of drug-likeness (QED) is 0.339. The van der Waals surface area contributed by atoms with Crippen molar-refractivity contribution >= 4 is 17.5 Å². The number of fused-ring (bicyclic) bond motifs is 1. The van der Waals surface area contributed by atoms with Crippen LogP contribution in [-0.2, 0) is 6.54 Å². The second-order valence-electron chi connectivity index (χ2n) is 8.35. The summed E-state index contributed by atoms with van der Waals surface area (Å²) in [6.45, 7) is 4.55. The Morgan fingerprint density at radius 3 is 2.91 bits per heavy atom. The van der Waals surface area contributed by atoms with E-state index in [1.165, 1.54) is 0 Å². The van der Waals surface area contributed by atoms with Crippen LogP contribution < -0.4 is 26.4 Å². The summed E-state index contributed by atoms with van der Waals surface area (Å²) in [6, 6.07) is 10.1. The van der Waals surface area contributed by atoms with E-state index in [0.717, 1.165) is 24.2 Å². The summed E-state index contributed by atoms with van der Waals surface area (Å²) in [5, 5.41) is 18.4. The molecule has 1 aliphatic rings. The predicted molar refractivity (Wildman–Crippen MR) is 123 cm³/mol. The van der Waals surface area contributed by atoms with Crippen molar-refractivity contribution in [1.29, 1.82) is 0 Å². The van der Waals surface area contributed by atoms with Gasteiger partial charge in [-0.3, -0.25) is 9.98 Å². The fraction of sp³-hybridized carbons (Fsp3) is 0.304. The first-order valence-corrected chi connectivity index (χ1v) is 10.9. The summed E-state index contributed by atoms with van der Waals surface area (Å²) in [4.78, 5) is 25.8. The molecule has 0 radical (unpaired) electrons. The van der Waals surface area contributed by atoms with E-state index in [1.807, 2.05) is 44.2 Å². The minimum atomic E-state index is -0.487. The van der Waals surface area contributed by atoms with E-state index < -0.39 is 5.69 Å². The molecule has 1 aliphatic carbocycles. The molecule has 10 nitrogen and oxygen atoms in total. The van der Waals surface area contributed by atoms with Gasteiger partial charge in [-0.25, -0.2) is 9.78 Å². The predicted octanol–water partition coefficient (Wildman–Crippen LogP) is 1.46. The highest BCUT2D eigenvalue weighted by Gasteiger charge is 2.20. The van der Waals surface area contributed by atoms with Crippen molar-refractivity contribution in [2.75, 3.05) is 5.32 Å². The van der Waals surface area contributed by atoms with Gasteiger partial charge < -0.3 is 20.1 Å². The Bertz CT molecular complexity index is 1480. The van der Waals surface area contributed by atoms with Crippen molar-refractivity contribution in [3.63, 3.8) is 0 Å². The molecule has 0 saturated heterocycles. The first-order valence-electron chi connectivity index (χ1n) is 10.9. The fourth-order valence-electron chi connectivity index (χ4n) is 3.48. The zero-order valence-corrected chi connectivity index (χ0v) is 18.4. The largest absolute Gasteiger partial charge is 0.493 e. The van der Waals surface area contributed by atoms with Gasteiger partial charge in [-0.15, -0.1) is 0 Å². The minimum absolute atomic E-state index is 0.106. The zero-order valence-electron chi connectivity index (χ0n) is 18.4. The molecule has 0 bridgehead atoms. The zero-order chi connectivity index (χ0) is 22.9. The van der Waals surface area contributed by atoms with Crippen LogP contribution in [-0.4, -0.2) is 41.8 Å². The summed E-state index contributed by atoms with van der Waals surface area (Å²) in [5.74, 6) is 1.24. The summed E-state index contributed by atoms with van der Waals surface area (Å²) < 4.78 is 7.46. The summed E-state index contributed by atoms with van der Waals surface area (Å²) in [7, 11) is 0. The van der Waals surface area contributed by atoms with E-state index in [0.29, 0.717) is 34.8 Å². The summed E-state index contributed by atoms with van der Waals surface area (Å²) in [5.41, 5.74) is 2.10. The van der Waals surface area contributed by atoms with Crippen molar-refractivity contribution in [3.8, 4) is 11.6 Å². The molecule has 4 N–H and O–H groups in total. The van der Waals surface area contributed by atoms with Gasteiger partial charge >= 0.3 is 5.69 Å². The lowest BCUT2D eigenvalue weighted by molar-refractivity contribution is 0.242. The van der Waals surface area contributed by atoms with Crippen LogP contribution in [0.25, 0.3) is 11.7 Å². The lowest BCUT2D eigenvalue weighted by atomic mass is 10.2. The first-order chi connectivity index (χ1) is 15.9. The van der Waals surface area contributed by atoms with Crippen molar-refractivity contribution in [2.45, 2.75) is 45.4 Å². The van der Waals surface area contributed by atoms with Crippen LogP contribution in [0, 0.1) is 0 Å². The number of rotatable bonds is 7. The van der Waals surface area contributed by atoms with Crippen LogP contribution in [0.2, 0.25) is 0 Å². The minimum Gasteiger partial charge on any atom is -0.493 e. The second-order valence-corrected chi connectivity index (χ2v) is 8.35. The third-order valence-electron chi connectivity index (χ3n) is 5.12. The fourth-order valence-corrected chi connectivity index (χ4v) is 3.48. The average Bonchev–Trinajstić information content (AvgIpc) is 3.40. The van der Waals surface area contributed by atoms with Crippen LogP contribution in [0.5, 0.6) is 11.6 Å². The standard InChI is InChI=1S/C23H25N7O3/c1-13(2)33-17-5-3-4-14(8-17)11-24-19-10-20(26-16-6-7-16)30-21(28-19)15(12-25-30)9-18-22(31)29-23(32)27-18/h3-5,8-10,12-13,16,24,31H,6-7,11H2,1-2H3,(H2,27,29,32). The molecular weight excluding hydrogens is 422 g/mol. The van der Waals surface area contributed by atoms with Crippen molar-refractivity contribution < 1.29 is 9.84 Å². The maximum Gasteiger partial charge on any atom is 0.326 e. The number of nitrogens with zero attached hydrogens (tertiary/aromatic N) is 4. The number of aromatic hydroxyl groups is 1. The Morgan fingerprint density at radius 1 is 1.33 bits per heavy atom. The number of aromatic amines is 2. The molecule has 0 aliphatic heterocycles. The Kier molecular flexibility index (Phi) is 5.33. The third kappa shape index (κ3) is 4.74. The summed E-state index contributed by atoms with van der Waals surface area (Å²) in [6.07, 6.45) is 5.49. The van der Waals surface area contributed by atoms with Crippen LogP contribution in [0.1, 0.15) is 37.9 Å². The van der Waals surface area contributed by atoms with Crippen molar-refractivity contribution in [1.82, 2.24) is 24.6 Å². The van der Waals surface area contributed by atoms with Gasteiger partial charge in [0.05, 0.1) is 18.3 Å². The lowest BCUT2D eigenvalue weighted by Gasteiger charge is -2.11. The Labute approximate surface area is 188 Å². The molecule has 0 atom stereocenters. The van der Waals surface area contributed by atoms with Gasteiger partial charge in [0, 0.05) is 17.8 Å². The van der Waals surface area contributed by atoms with Crippen LogP contribution in [0.15, 0.2) is 46.3 Å². The Morgan fingerprint density at radius 2 is 2.18 bits per heavy atom. The smallest absolute Gasteiger partial charge is 0.326 e. The maximum atomic E-state index is 11.5. The molecule has 0 amide bonds. The topological polar surface area (TPSA) is 133 Å². The molecule has 1 saturated carbocycles. The van der Waals surface area contributed by atoms with Gasteiger partial charge in [-0.05, 0) is 50.5 Å². The Hall–Kier alpha value is -4.08. The molecule has 5 rings (SSSR count). The first kappa shape index (κ1) is 20.8. The molecule has 3 heterocycles. The molecule has 33 heavy (non-hydrogen) atoms. The molecule has 0 spiro atoms. The number of hydrogen-bond acceptors (Lipinski definition) is 7. The van der Waals surface area contributed by atoms with E-state index in [2.05, 4.69) is 20.4 Å². The van der Waals surface area contributed by atoms with Gasteiger partial charge in [0.2, 0.25) is 5.88 Å². The number of imidazole rings is 1. The highest BCUT2D eigenvalue weighted by Crippen LogP contribution is 2.22. The molecule has 10 heteroatoms. The molecule has 3 aromatic heterocycles. The number of anilines is 1. The van der Waals surface area contributed by atoms with Gasteiger partial charge in [-0.2, -0.15) is 9.61 Å². The van der Waals surface area contributed by atoms with Crippen LogP contribution in [0.4, 0.5) is 5.82 Å². The number of ether oxygens (including phenoxy) is 1. The monoisotopic (exact) mass is 447 g/mol. The highest BCUT2D eigenvalue weighted by molar-refractivity contribution is 5.58. The second kappa shape index (κ2) is 8.45. The average molecular weight is 447 g/mol. The normalized spacial score (nSPS) is 15.0. The Balaban J connectivity index is 1.51. The highest BCUT2D eigenvalue weighted by atomic mass is 16.5. The number of hydrogen-bond donors (Lipinski definition) is 4.